The Morgan fingerprint density at radius 3 is 2.64 bits per heavy atom. The van der Waals surface area contributed by atoms with Crippen molar-refractivity contribution >= 4 is 15.7 Å². The smallest absolute Gasteiger partial charge is 0.350 e. The number of nitrogens with zero attached hydrogens (tertiary/aromatic N) is 3. The number of rotatable bonds is 3. The summed E-state index contributed by atoms with van der Waals surface area (Å²) >= 11 is 0. The van der Waals surface area contributed by atoms with Crippen LogP contribution in [-0.4, -0.2) is 34.0 Å². The maximum absolute atomic E-state index is 11.3. The van der Waals surface area contributed by atoms with Crippen molar-refractivity contribution in [1.82, 2.24) is 15.5 Å². The van der Waals surface area contributed by atoms with E-state index in [1.807, 2.05) is 6.92 Å². The average molecular weight is 218 g/mol. The highest BCUT2D eigenvalue weighted by molar-refractivity contribution is 7.92. The Bertz CT molecular complexity index is 411. The van der Waals surface area contributed by atoms with Crippen LogP contribution in [-0.2, 0) is 9.73 Å². The van der Waals surface area contributed by atoms with Crippen molar-refractivity contribution in [2.75, 3.05) is 19.6 Å². The van der Waals surface area contributed by atoms with Gasteiger partial charge in [0.2, 0.25) is 5.89 Å². The lowest BCUT2D eigenvalue weighted by molar-refractivity contribution is 0.440. The fraction of sp³-hybridized carbons (Fsp3) is 0.714. The van der Waals surface area contributed by atoms with E-state index in [1.165, 1.54) is 12.5 Å². The van der Waals surface area contributed by atoms with Gasteiger partial charge in [-0.15, -0.1) is 9.46 Å². The fourth-order valence-corrected chi connectivity index (χ4v) is 1.20. The predicted octanol–water partition coefficient (Wildman–Crippen LogP) is 0.709. The molecule has 1 unspecified atom stereocenters. The maximum atomic E-state index is 11.3. The molecule has 1 aromatic heterocycles. The van der Waals surface area contributed by atoms with Crippen molar-refractivity contribution in [3.63, 3.8) is 0 Å². The van der Waals surface area contributed by atoms with Crippen molar-refractivity contribution in [3.8, 4) is 0 Å². The van der Waals surface area contributed by atoms with Crippen LogP contribution in [0.25, 0.3) is 0 Å². The topological polar surface area (TPSA) is 80.4 Å². The monoisotopic (exact) mass is 218 g/mol. The van der Waals surface area contributed by atoms with E-state index in [4.69, 9.17) is 4.42 Å². The fourth-order valence-electron chi connectivity index (χ4n) is 0.750. The lowest BCUT2D eigenvalue weighted by Crippen LogP contribution is -2.12. The minimum absolute atomic E-state index is 0.0313. The van der Waals surface area contributed by atoms with E-state index in [9.17, 15) is 4.21 Å². The normalized spacial score (nSPS) is 14.0. The molecule has 1 aromatic rings. The molecule has 7 heteroatoms. The second kappa shape index (κ2) is 4.05. The molecule has 0 aromatic carbocycles. The second-order valence-electron chi connectivity index (χ2n) is 3.21. The highest BCUT2D eigenvalue weighted by Gasteiger charge is 2.11. The van der Waals surface area contributed by atoms with Gasteiger partial charge in [-0.1, -0.05) is 5.10 Å². The molecule has 0 saturated heterocycles. The lowest BCUT2D eigenvalue weighted by atomic mass is 10.3. The number of hydrogen-bond acceptors (Lipinski definition) is 6. The molecule has 14 heavy (non-hydrogen) atoms. The molecule has 0 aliphatic rings. The second-order valence-corrected chi connectivity index (χ2v) is 5.75. The average Bonchev–Trinajstić information content (AvgIpc) is 2.48. The van der Waals surface area contributed by atoms with E-state index in [0.29, 0.717) is 5.89 Å². The highest BCUT2D eigenvalue weighted by Crippen LogP contribution is 2.16. The van der Waals surface area contributed by atoms with Crippen LogP contribution in [0.5, 0.6) is 0 Å². The van der Waals surface area contributed by atoms with Gasteiger partial charge in [0.15, 0.2) is 0 Å². The van der Waals surface area contributed by atoms with E-state index in [1.54, 1.807) is 7.05 Å². The number of hydrogen-bond donors (Lipinski definition) is 1. The van der Waals surface area contributed by atoms with E-state index in [0.717, 1.165) is 0 Å². The third-order valence-electron chi connectivity index (χ3n) is 1.53. The quantitative estimate of drug-likeness (QED) is 0.808. The summed E-state index contributed by atoms with van der Waals surface area (Å²) in [4.78, 5) is 0. The van der Waals surface area contributed by atoms with Gasteiger partial charge >= 0.3 is 6.01 Å². The van der Waals surface area contributed by atoms with Crippen molar-refractivity contribution in [3.05, 3.63) is 5.89 Å². The summed E-state index contributed by atoms with van der Waals surface area (Å²) in [7, 11) is -0.452. The number of nitrogens with one attached hydrogen (secondary N) is 1. The van der Waals surface area contributed by atoms with Gasteiger partial charge in [0, 0.05) is 12.5 Å². The first-order chi connectivity index (χ1) is 6.42. The molecule has 0 fully saturated rings. The SMILES string of the molecule is CNC(C)c1nnc(N=S(C)(C)=O)o1. The molecule has 0 radical (unpaired) electrons. The van der Waals surface area contributed by atoms with Crippen molar-refractivity contribution in [1.29, 1.82) is 0 Å². The summed E-state index contributed by atoms with van der Waals surface area (Å²) < 4.78 is 20.3. The van der Waals surface area contributed by atoms with Gasteiger partial charge in [0.05, 0.1) is 15.8 Å². The molecule has 6 nitrogen and oxygen atoms in total. The minimum Gasteiger partial charge on any atom is -0.404 e. The lowest BCUT2D eigenvalue weighted by Gasteiger charge is -2.01. The van der Waals surface area contributed by atoms with Gasteiger partial charge in [-0.25, -0.2) is 4.21 Å². The van der Waals surface area contributed by atoms with Crippen LogP contribution in [0.1, 0.15) is 18.9 Å². The van der Waals surface area contributed by atoms with Crippen LogP contribution in [0, 0.1) is 0 Å². The van der Waals surface area contributed by atoms with Crippen molar-refractivity contribution < 1.29 is 8.63 Å². The zero-order valence-corrected chi connectivity index (χ0v) is 9.46. The molecule has 1 rings (SSSR count). The maximum Gasteiger partial charge on any atom is 0.350 e. The van der Waals surface area contributed by atoms with Crippen LogP contribution in [0.4, 0.5) is 6.01 Å². The largest absolute Gasteiger partial charge is 0.404 e. The molecule has 0 saturated carbocycles. The van der Waals surface area contributed by atoms with Gasteiger partial charge in [0.1, 0.15) is 0 Å². The standard InChI is InChI=1S/C7H14N4O2S/c1-5(8-2)6-9-10-7(13-6)11-14(3,4)12/h5,8H,1-4H3. The number of aromatic nitrogens is 2. The Hall–Kier alpha value is -0.950. The van der Waals surface area contributed by atoms with Crippen molar-refractivity contribution in [2.24, 2.45) is 4.36 Å². The van der Waals surface area contributed by atoms with Gasteiger partial charge in [-0.2, -0.15) is 0 Å². The van der Waals surface area contributed by atoms with E-state index >= 15 is 0 Å². The first-order valence-electron chi connectivity index (χ1n) is 4.10. The summed E-state index contributed by atoms with van der Waals surface area (Å²) in [6.45, 7) is 1.88. The first kappa shape index (κ1) is 11.1. The molecule has 80 valence electrons. The Kier molecular flexibility index (Phi) is 3.22. The van der Waals surface area contributed by atoms with Crippen LogP contribution in [0.2, 0.25) is 0 Å². The van der Waals surface area contributed by atoms with Gasteiger partial charge in [-0.3, -0.25) is 0 Å². The zero-order chi connectivity index (χ0) is 10.8. The molecular formula is C7H14N4O2S. The summed E-state index contributed by atoms with van der Waals surface area (Å²) in [6.07, 6.45) is 3.02. The Labute approximate surface area is 83.3 Å². The molecule has 1 heterocycles. The van der Waals surface area contributed by atoms with Gasteiger partial charge in [-0.05, 0) is 14.0 Å². The molecule has 0 aliphatic heterocycles. The van der Waals surface area contributed by atoms with Gasteiger partial charge in [0.25, 0.3) is 0 Å². The molecule has 0 aliphatic carbocycles. The van der Waals surface area contributed by atoms with E-state index in [-0.39, 0.29) is 12.1 Å². The van der Waals surface area contributed by atoms with Crippen molar-refractivity contribution in [2.45, 2.75) is 13.0 Å². The minimum atomic E-state index is -2.24. The van der Waals surface area contributed by atoms with Crippen LogP contribution >= 0.6 is 0 Å². The van der Waals surface area contributed by atoms with Gasteiger partial charge < -0.3 is 9.73 Å². The third kappa shape index (κ3) is 3.08. The Morgan fingerprint density at radius 2 is 2.14 bits per heavy atom. The highest BCUT2D eigenvalue weighted by atomic mass is 32.2. The molecule has 0 bridgehead atoms. The summed E-state index contributed by atoms with van der Waals surface area (Å²) in [5.74, 6) is 0.440. The molecule has 0 amide bonds. The zero-order valence-electron chi connectivity index (χ0n) is 8.64. The Morgan fingerprint density at radius 1 is 1.50 bits per heavy atom. The molecular weight excluding hydrogens is 204 g/mol. The Balaban J connectivity index is 2.95. The first-order valence-corrected chi connectivity index (χ1v) is 6.43. The van der Waals surface area contributed by atoms with Crippen LogP contribution in [0.3, 0.4) is 0 Å². The van der Waals surface area contributed by atoms with E-state index in [2.05, 4.69) is 19.9 Å². The third-order valence-corrected chi connectivity index (χ3v) is 2.13. The summed E-state index contributed by atoms with van der Waals surface area (Å²) in [5, 5.41) is 10.4. The van der Waals surface area contributed by atoms with Crippen LogP contribution < -0.4 is 5.32 Å². The molecule has 0 spiro atoms. The van der Waals surface area contributed by atoms with Crippen LogP contribution in [0.15, 0.2) is 8.78 Å². The summed E-state index contributed by atoms with van der Waals surface area (Å²) in [5.41, 5.74) is 0. The molecule has 1 atom stereocenters. The van der Waals surface area contributed by atoms with E-state index < -0.39 is 9.73 Å². The predicted molar refractivity (Wildman–Crippen MR) is 53.9 cm³/mol. The molecule has 1 N–H and O–H groups in total. The summed E-state index contributed by atoms with van der Waals surface area (Å²) in [6, 6.07) is 0.0355.